The van der Waals surface area contributed by atoms with Crippen molar-refractivity contribution >= 4 is 11.8 Å². The first-order chi connectivity index (χ1) is 11.7. The fraction of sp³-hybridized carbons (Fsp3) is 0.882. The Hall–Kier alpha value is -1.18. The Morgan fingerprint density at radius 1 is 1.00 bits per heavy atom. The minimum Gasteiger partial charge on any atom is -0.379 e. The van der Waals surface area contributed by atoms with E-state index < -0.39 is 5.41 Å². The second-order valence-electron chi connectivity index (χ2n) is 7.02. The fourth-order valence-corrected chi connectivity index (χ4v) is 3.55. The number of likely N-dealkylation sites (N-methyl/N-ethyl adjacent to an activating group) is 1. The molecule has 136 valence electrons. The lowest BCUT2D eigenvalue weighted by Gasteiger charge is -2.35. The quantitative estimate of drug-likeness (QED) is 0.654. The van der Waals surface area contributed by atoms with Crippen molar-refractivity contribution in [2.24, 2.45) is 5.41 Å². The van der Waals surface area contributed by atoms with Gasteiger partial charge in [0.1, 0.15) is 5.41 Å². The second-order valence-corrected chi connectivity index (χ2v) is 7.02. The van der Waals surface area contributed by atoms with E-state index in [4.69, 9.17) is 4.74 Å². The summed E-state index contributed by atoms with van der Waals surface area (Å²) in [5.74, 6) is -0.0270. The van der Waals surface area contributed by atoms with E-state index in [1.807, 2.05) is 4.90 Å². The molecule has 1 saturated carbocycles. The summed E-state index contributed by atoms with van der Waals surface area (Å²) in [4.78, 5) is 31.9. The molecule has 1 N–H and O–H groups in total. The van der Waals surface area contributed by atoms with Gasteiger partial charge < -0.3 is 19.9 Å². The van der Waals surface area contributed by atoms with Crippen LogP contribution in [-0.2, 0) is 14.3 Å². The Balaban J connectivity index is 1.44. The molecule has 24 heavy (non-hydrogen) atoms. The smallest absolute Gasteiger partial charge is 0.238 e. The van der Waals surface area contributed by atoms with Gasteiger partial charge in [0, 0.05) is 52.4 Å². The highest BCUT2D eigenvalue weighted by atomic mass is 16.5. The molecule has 2 amide bonds. The number of morpholine rings is 1. The van der Waals surface area contributed by atoms with Gasteiger partial charge in [0.05, 0.1) is 13.2 Å². The van der Waals surface area contributed by atoms with Crippen molar-refractivity contribution in [3.8, 4) is 0 Å². The molecule has 0 atom stereocenters. The van der Waals surface area contributed by atoms with E-state index >= 15 is 0 Å². The van der Waals surface area contributed by atoms with E-state index in [-0.39, 0.29) is 11.8 Å². The summed E-state index contributed by atoms with van der Waals surface area (Å²) >= 11 is 0. The van der Waals surface area contributed by atoms with Crippen LogP contribution in [0.25, 0.3) is 0 Å². The summed E-state index contributed by atoms with van der Waals surface area (Å²) in [6.07, 6.45) is 1.40. The first-order valence-electron chi connectivity index (χ1n) is 9.26. The number of amides is 2. The Morgan fingerprint density at radius 2 is 1.67 bits per heavy atom. The van der Waals surface area contributed by atoms with E-state index in [2.05, 4.69) is 22.0 Å². The molecule has 2 aliphatic heterocycles. The summed E-state index contributed by atoms with van der Waals surface area (Å²) < 4.78 is 5.32. The maximum Gasteiger partial charge on any atom is 0.238 e. The zero-order chi connectivity index (χ0) is 17.0. The minimum absolute atomic E-state index is 0.0436. The van der Waals surface area contributed by atoms with Crippen LogP contribution in [0.15, 0.2) is 0 Å². The van der Waals surface area contributed by atoms with Crippen LogP contribution in [0.2, 0.25) is 0 Å². The molecule has 0 radical (unpaired) electrons. The standard InChI is InChI=1S/C17H30N4O3/c1-2-19-7-9-21(10-8-19)16(23)17(3-4-17)15(22)18-5-6-20-11-13-24-14-12-20/h2-14H2,1H3,(H,18,22). The molecule has 2 heterocycles. The first kappa shape index (κ1) is 17.6. The Labute approximate surface area is 144 Å². The minimum atomic E-state index is -0.764. The molecule has 2 saturated heterocycles. The number of carbonyl (C=O) groups is 2. The molecule has 3 aliphatic rings. The highest BCUT2D eigenvalue weighted by Gasteiger charge is 2.57. The van der Waals surface area contributed by atoms with Crippen LogP contribution in [0, 0.1) is 5.41 Å². The van der Waals surface area contributed by atoms with Gasteiger partial charge in [0.25, 0.3) is 0 Å². The van der Waals surface area contributed by atoms with Gasteiger partial charge in [-0.2, -0.15) is 0 Å². The van der Waals surface area contributed by atoms with Gasteiger partial charge in [-0.3, -0.25) is 14.5 Å². The zero-order valence-electron chi connectivity index (χ0n) is 14.8. The van der Waals surface area contributed by atoms with Crippen LogP contribution in [0.1, 0.15) is 19.8 Å². The summed E-state index contributed by atoms with van der Waals surface area (Å²) in [6, 6.07) is 0. The molecule has 7 nitrogen and oxygen atoms in total. The molecule has 0 aromatic carbocycles. The molecule has 0 aromatic heterocycles. The topological polar surface area (TPSA) is 65.1 Å². The highest BCUT2D eigenvalue weighted by Crippen LogP contribution is 2.47. The van der Waals surface area contributed by atoms with Gasteiger partial charge in [0.15, 0.2) is 0 Å². The lowest BCUT2D eigenvalue weighted by Crippen LogP contribution is -2.53. The number of nitrogens with zero attached hydrogens (tertiary/aromatic N) is 3. The van der Waals surface area contributed by atoms with Crippen molar-refractivity contribution in [2.45, 2.75) is 19.8 Å². The average molecular weight is 338 g/mol. The number of nitrogens with one attached hydrogen (secondary N) is 1. The third kappa shape index (κ3) is 3.90. The van der Waals surface area contributed by atoms with Crippen LogP contribution in [0.4, 0.5) is 0 Å². The van der Waals surface area contributed by atoms with Crippen LogP contribution >= 0.6 is 0 Å². The molecule has 1 aliphatic carbocycles. The number of rotatable bonds is 6. The van der Waals surface area contributed by atoms with Gasteiger partial charge in [-0.15, -0.1) is 0 Å². The van der Waals surface area contributed by atoms with Crippen molar-refractivity contribution in [2.75, 3.05) is 72.1 Å². The van der Waals surface area contributed by atoms with Crippen molar-refractivity contribution in [1.29, 1.82) is 0 Å². The third-order valence-electron chi connectivity index (χ3n) is 5.52. The number of carbonyl (C=O) groups excluding carboxylic acids is 2. The summed E-state index contributed by atoms with van der Waals surface area (Å²) in [6.45, 7) is 11.3. The number of ether oxygens (including phenoxy) is 1. The predicted molar refractivity (Wildman–Crippen MR) is 90.6 cm³/mol. The molecular formula is C17H30N4O3. The van der Waals surface area contributed by atoms with Crippen LogP contribution in [0.5, 0.6) is 0 Å². The van der Waals surface area contributed by atoms with Gasteiger partial charge in [-0.05, 0) is 19.4 Å². The van der Waals surface area contributed by atoms with Crippen molar-refractivity contribution in [3.63, 3.8) is 0 Å². The Morgan fingerprint density at radius 3 is 2.25 bits per heavy atom. The SMILES string of the molecule is CCN1CCN(C(=O)C2(C(=O)NCCN3CCOCC3)CC2)CC1. The Kier molecular flexibility index (Phi) is 5.73. The monoisotopic (exact) mass is 338 g/mol. The zero-order valence-corrected chi connectivity index (χ0v) is 14.8. The fourth-order valence-electron chi connectivity index (χ4n) is 3.55. The van der Waals surface area contributed by atoms with Crippen molar-refractivity contribution in [3.05, 3.63) is 0 Å². The van der Waals surface area contributed by atoms with Gasteiger partial charge in [0.2, 0.25) is 11.8 Å². The van der Waals surface area contributed by atoms with Crippen LogP contribution in [0.3, 0.4) is 0 Å². The van der Waals surface area contributed by atoms with E-state index in [0.717, 1.165) is 65.6 Å². The number of hydrogen-bond acceptors (Lipinski definition) is 5. The van der Waals surface area contributed by atoms with Gasteiger partial charge in [-0.1, -0.05) is 6.92 Å². The van der Waals surface area contributed by atoms with Gasteiger partial charge in [-0.25, -0.2) is 0 Å². The van der Waals surface area contributed by atoms with Crippen LogP contribution < -0.4 is 5.32 Å². The molecule has 0 spiro atoms. The highest BCUT2D eigenvalue weighted by molar-refractivity contribution is 6.07. The molecule has 0 aromatic rings. The van der Waals surface area contributed by atoms with Crippen molar-refractivity contribution < 1.29 is 14.3 Å². The number of piperazine rings is 1. The van der Waals surface area contributed by atoms with E-state index in [1.54, 1.807) is 0 Å². The molecular weight excluding hydrogens is 308 g/mol. The normalized spacial score (nSPS) is 24.6. The second kappa shape index (κ2) is 7.80. The van der Waals surface area contributed by atoms with E-state index in [0.29, 0.717) is 19.4 Å². The maximum atomic E-state index is 12.8. The van der Waals surface area contributed by atoms with E-state index in [1.165, 1.54) is 0 Å². The van der Waals surface area contributed by atoms with Crippen molar-refractivity contribution in [1.82, 2.24) is 20.0 Å². The lowest BCUT2D eigenvalue weighted by molar-refractivity contribution is -0.145. The molecule has 0 bridgehead atoms. The van der Waals surface area contributed by atoms with Gasteiger partial charge >= 0.3 is 0 Å². The predicted octanol–water partition coefficient (Wildman–Crippen LogP) is -0.621. The summed E-state index contributed by atoms with van der Waals surface area (Å²) in [5, 5.41) is 2.99. The molecule has 0 unspecified atom stereocenters. The maximum absolute atomic E-state index is 12.8. The largest absolute Gasteiger partial charge is 0.379 e. The lowest BCUT2D eigenvalue weighted by atomic mass is 10.0. The molecule has 3 rings (SSSR count). The number of hydrogen-bond donors (Lipinski definition) is 1. The summed E-state index contributed by atoms with van der Waals surface area (Å²) in [5.41, 5.74) is -0.764. The Bertz CT molecular complexity index is 453. The first-order valence-corrected chi connectivity index (χ1v) is 9.26. The van der Waals surface area contributed by atoms with Crippen LogP contribution in [-0.4, -0.2) is 98.6 Å². The molecule has 3 fully saturated rings. The van der Waals surface area contributed by atoms with E-state index in [9.17, 15) is 9.59 Å². The summed E-state index contributed by atoms with van der Waals surface area (Å²) in [7, 11) is 0. The third-order valence-corrected chi connectivity index (χ3v) is 5.52. The molecule has 7 heteroatoms. The average Bonchev–Trinajstić information content (AvgIpc) is 3.44.